The molecule has 1 aromatic carbocycles. The second-order valence-corrected chi connectivity index (χ2v) is 8.55. The van der Waals surface area contributed by atoms with E-state index in [9.17, 15) is 8.42 Å². The monoisotopic (exact) mass is 296 g/mol. The highest BCUT2D eigenvalue weighted by Crippen LogP contribution is 2.29. The molecule has 4 nitrogen and oxygen atoms in total. The number of benzene rings is 1. The van der Waals surface area contributed by atoms with Crippen molar-refractivity contribution in [3.05, 3.63) is 29.3 Å². The van der Waals surface area contributed by atoms with E-state index >= 15 is 0 Å². The van der Waals surface area contributed by atoms with Gasteiger partial charge in [-0.1, -0.05) is 32.9 Å². The fourth-order valence-electron chi connectivity index (χ4n) is 2.46. The normalized spacial score (nSPS) is 21.4. The van der Waals surface area contributed by atoms with Crippen molar-refractivity contribution in [2.45, 2.75) is 50.5 Å². The van der Waals surface area contributed by atoms with Gasteiger partial charge in [-0.2, -0.15) is 4.31 Å². The SMILES string of the molecule is Cc1ccc(C(C)(C)C)cc1S(=O)(=O)N1CC[C@@H](N)C1. The largest absolute Gasteiger partial charge is 0.326 e. The molecule has 5 heteroatoms. The fraction of sp³-hybridized carbons (Fsp3) is 0.600. The van der Waals surface area contributed by atoms with Gasteiger partial charge in [0, 0.05) is 19.1 Å². The molecule has 112 valence electrons. The molecule has 1 atom stereocenters. The standard InChI is InChI=1S/C15H24N2O2S/c1-11-5-6-12(15(2,3)4)9-14(11)20(18,19)17-8-7-13(16)10-17/h5-6,9,13H,7-8,10,16H2,1-4H3/t13-/m1/s1. The van der Waals surface area contributed by atoms with Crippen LogP contribution in [0.15, 0.2) is 23.1 Å². The van der Waals surface area contributed by atoms with E-state index in [0.717, 1.165) is 17.5 Å². The smallest absolute Gasteiger partial charge is 0.243 e. The predicted molar refractivity (Wildman–Crippen MR) is 81.2 cm³/mol. The summed E-state index contributed by atoms with van der Waals surface area (Å²) in [5.74, 6) is 0. The van der Waals surface area contributed by atoms with Gasteiger partial charge < -0.3 is 5.73 Å². The van der Waals surface area contributed by atoms with Crippen LogP contribution in [-0.2, 0) is 15.4 Å². The Morgan fingerprint density at radius 1 is 1.30 bits per heavy atom. The van der Waals surface area contributed by atoms with Gasteiger partial charge in [0.05, 0.1) is 4.90 Å². The van der Waals surface area contributed by atoms with E-state index in [4.69, 9.17) is 5.73 Å². The van der Waals surface area contributed by atoms with Crippen LogP contribution >= 0.6 is 0 Å². The number of hydrogen-bond acceptors (Lipinski definition) is 3. The molecule has 0 amide bonds. The third-order valence-corrected chi connectivity index (χ3v) is 5.87. The van der Waals surface area contributed by atoms with Crippen molar-refractivity contribution in [1.29, 1.82) is 0 Å². The summed E-state index contributed by atoms with van der Waals surface area (Å²) in [5, 5.41) is 0. The summed E-state index contributed by atoms with van der Waals surface area (Å²) in [7, 11) is -3.43. The number of hydrogen-bond donors (Lipinski definition) is 1. The van der Waals surface area contributed by atoms with Crippen molar-refractivity contribution in [2.24, 2.45) is 5.73 Å². The summed E-state index contributed by atoms with van der Waals surface area (Å²) >= 11 is 0. The fourth-order valence-corrected chi connectivity index (χ4v) is 4.22. The predicted octanol–water partition coefficient (Wildman–Crippen LogP) is 2.01. The van der Waals surface area contributed by atoms with Crippen molar-refractivity contribution in [3.8, 4) is 0 Å². The maximum Gasteiger partial charge on any atom is 0.243 e. The third-order valence-electron chi connectivity index (χ3n) is 3.86. The summed E-state index contributed by atoms with van der Waals surface area (Å²) in [6.07, 6.45) is 0.733. The third kappa shape index (κ3) is 2.90. The van der Waals surface area contributed by atoms with Crippen LogP contribution in [-0.4, -0.2) is 31.9 Å². The molecule has 0 unspecified atom stereocenters. The lowest BCUT2D eigenvalue weighted by atomic mass is 9.87. The maximum atomic E-state index is 12.8. The second-order valence-electron chi connectivity index (χ2n) is 6.64. The van der Waals surface area contributed by atoms with Gasteiger partial charge in [-0.25, -0.2) is 8.42 Å². The van der Waals surface area contributed by atoms with Crippen LogP contribution in [0.4, 0.5) is 0 Å². The lowest BCUT2D eigenvalue weighted by Crippen LogP contribution is -2.32. The summed E-state index contributed by atoms with van der Waals surface area (Å²) in [5.41, 5.74) is 7.58. The van der Waals surface area contributed by atoms with Crippen molar-refractivity contribution in [1.82, 2.24) is 4.31 Å². The Hall–Kier alpha value is -0.910. The van der Waals surface area contributed by atoms with Crippen molar-refractivity contribution >= 4 is 10.0 Å². The Morgan fingerprint density at radius 3 is 2.45 bits per heavy atom. The van der Waals surface area contributed by atoms with Crippen molar-refractivity contribution in [3.63, 3.8) is 0 Å². The van der Waals surface area contributed by atoms with Crippen molar-refractivity contribution in [2.75, 3.05) is 13.1 Å². The first kappa shape index (κ1) is 15.5. The Morgan fingerprint density at radius 2 is 1.95 bits per heavy atom. The molecule has 0 spiro atoms. The minimum Gasteiger partial charge on any atom is -0.326 e. The molecule has 1 saturated heterocycles. The number of sulfonamides is 1. The van der Waals surface area contributed by atoms with Crippen LogP contribution in [0.25, 0.3) is 0 Å². The quantitative estimate of drug-likeness (QED) is 0.908. The molecule has 1 fully saturated rings. The summed E-state index contributed by atoms with van der Waals surface area (Å²) in [6.45, 7) is 9.03. The van der Waals surface area contributed by atoms with Crippen molar-refractivity contribution < 1.29 is 8.42 Å². The van der Waals surface area contributed by atoms with Gasteiger partial charge in [-0.3, -0.25) is 0 Å². The van der Waals surface area contributed by atoms with Gasteiger partial charge in [0.2, 0.25) is 10.0 Å². The Balaban J connectivity index is 2.46. The number of nitrogens with zero attached hydrogens (tertiary/aromatic N) is 1. The molecule has 0 aliphatic carbocycles. The van der Waals surface area contributed by atoms with E-state index in [0.29, 0.717) is 18.0 Å². The molecule has 0 aromatic heterocycles. The van der Waals surface area contributed by atoms with Crippen LogP contribution in [0.1, 0.15) is 38.3 Å². The molecule has 2 rings (SSSR count). The summed E-state index contributed by atoms with van der Waals surface area (Å²) in [6, 6.07) is 5.66. The molecule has 1 heterocycles. The van der Waals surface area contributed by atoms with Gasteiger partial charge in [-0.15, -0.1) is 0 Å². The number of nitrogens with two attached hydrogens (primary N) is 1. The van der Waals surface area contributed by atoms with E-state index in [1.54, 1.807) is 0 Å². The second kappa shape index (κ2) is 5.13. The molecule has 0 saturated carbocycles. The lowest BCUT2D eigenvalue weighted by Gasteiger charge is -2.23. The zero-order valence-electron chi connectivity index (χ0n) is 12.7. The van der Waals surface area contributed by atoms with Gasteiger partial charge in [-0.05, 0) is 36.0 Å². The first-order chi connectivity index (χ1) is 9.12. The highest BCUT2D eigenvalue weighted by atomic mass is 32.2. The van der Waals surface area contributed by atoms with Crippen LogP contribution in [0.2, 0.25) is 0 Å². The van der Waals surface area contributed by atoms with E-state index in [-0.39, 0.29) is 11.5 Å². The van der Waals surface area contributed by atoms with Gasteiger partial charge >= 0.3 is 0 Å². The average Bonchev–Trinajstić information content (AvgIpc) is 2.75. The molecule has 1 aromatic rings. The zero-order chi connectivity index (χ0) is 15.1. The molecular formula is C15H24N2O2S. The average molecular weight is 296 g/mol. The zero-order valence-corrected chi connectivity index (χ0v) is 13.5. The molecule has 20 heavy (non-hydrogen) atoms. The van der Waals surface area contributed by atoms with E-state index in [2.05, 4.69) is 20.8 Å². The number of rotatable bonds is 2. The van der Waals surface area contributed by atoms with E-state index in [1.807, 2.05) is 25.1 Å². The maximum absolute atomic E-state index is 12.8. The first-order valence-electron chi connectivity index (χ1n) is 6.99. The Labute approximate surface area is 122 Å². The van der Waals surface area contributed by atoms with Crippen LogP contribution in [0.5, 0.6) is 0 Å². The van der Waals surface area contributed by atoms with Gasteiger partial charge in [0.1, 0.15) is 0 Å². The number of aryl methyl sites for hydroxylation is 1. The highest BCUT2D eigenvalue weighted by Gasteiger charge is 2.32. The van der Waals surface area contributed by atoms with Crippen LogP contribution in [0.3, 0.4) is 0 Å². The molecule has 1 aliphatic rings. The van der Waals surface area contributed by atoms with E-state index in [1.165, 1.54) is 4.31 Å². The minimum atomic E-state index is -3.43. The molecular weight excluding hydrogens is 272 g/mol. The summed E-state index contributed by atoms with van der Waals surface area (Å²) in [4.78, 5) is 0.416. The van der Waals surface area contributed by atoms with Gasteiger partial charge in [0.15, 0.2) is 0 Å². The minimum absolute atomic E-state index is 0.0455. The van der Waals surface area contributed by atoms with Gasteiger partial charge in [0.25, 0.3) is 0 Å². The Kier molecular flexibility index (Phi) is 3.97. The van der Waals surface area contributed by atoms with Crippen LogP contribution in [0, 0.1) is 6.92 Å². The Bertz CT molecular complexity index is 603. The van der Waals surface area contributed by atoms with Crippen LogP contribution < -0.4 is 5.73 Å². The van der Waals surface area contributed by atoms with E-state index < -0.39 is 10.0 Å². The highest BCUT2D eigenvalue weighted by molar-refractivity contribution is 7.89. The first-order valence-corrected chi connectivity index (χ1v) is 8.43. The molecule has 0 bridgehead atoms. The summed E-state index contributed by atoms with van der Waals surface area (Å²) < 4.78 is 27.0. The molecule has 0 radical (unpaired) electrons. The molecule has 1 aliphatic heterocycles. The lowest BCUT2D eigenvalue weighted by molar-refractivity contribution is 0.471. The topological polar surface area (TPSA) is 63.4 Å². The molecule has 2 N–H and O–H groups in total.